The molecule has 7 heteroatoms. The standard InChI is InChI=1S/C21H24Cl2N2O3/c1-4-19(21(27)24-2)25(13-15-6-5-7-16(10-15)28-3)20(26)12-14-8-9-17(22)18(23)11-14/h5-11,19H,4,12-13H2,1-3H3,(H,24,27)/t19-/m1/s1. The molecule has 2 rings (SSSR count). The summed E-state index contributed by atoms with van der Waals surface area (Å²) in [6.45, 7) is 2.17. The summed E-state index contributed by atoms with van der Waals surface area (Å²) in [5, 5.41) is 3.47. The molecule has 1 atom stereocenters. The fourth-order valence-electron chi connectivity index (χ4n) is 2.98. The van der Waals surface area contributed by atoms with Crippen LogP contribution >= 0.6 is 23.2 Å². The Hall–Kier alpha value is -2.24. The van der Waals surface area contributed by atoms with Gasteiger partial charge in [-0.1, -0.05) is 48.3 Å². The molecule has 0 aliphatic carbocycles. The number of ether oxygens (including phenoxy) is 1. The summed E-state index contributed by atoms with van der Waals surface area (Å²) in [4.78, 5) is 27.1. The third kappa shape index (κ3) is 5.63. The minimum absolute atomic E-state index is 0.119. The first kappa shape index (κ1) is 22.1. The van der Waals surface area contributed by atoms with E-state index in [9.17, 15) is 9.59 Å². The smallest absolute Gasteiger partial charge is 0.242 e. The number of nitrogens with one attached hydrogen (secondary N) is 1. The van der Waals surface area contributed by atoms with Gasteiger partial charge >= 0.3 is 0 Å². The van der Waals surface area contributed by atoms with Crippen LogP contribution in [0, 0.1) is 0 Å². The van der Waals surface area contributed by atoms with Crippen molar-refractivity contribution in [2.45, 2.75) is 32.4 Å². The van der Waals surface area contributed by atoms with Crippen molar-refractivity contribution in [3.8, 4) is 5.75 Å². The molecule has 0 heterocycles. The molecule has 2 aromatic rings. The van der Waals surface area contributed by atoms with Gasteiger partial charge < -0.3 is 15.0 Å². The minimum Gasteiger partial charge on any atom is -0.497 e. The van der Waals surface area contributed by atoms with Crippen LogP contribution in [0.4, 0.5) is 0 Å². The summed E-state index contributed by atoms with van der Waals surface area (Å²) >= 11 is 12.0. The van der Waals surface area contributed by atoms with Gasteiger partial charge in [0.05, 0.1) is 23.6 Å². The molecule has 0 saturated carbocycles. The lowest BCUT2D eigenvalue weighted by molar-refractivity contribution is -0.140. The van der Waals surface area contributed by atoms with Gasteiger partial charge in [-0.15, -0.1) is 0 Å². The molecule has 0 aromatic heterocycles. The van der Waals surface area contributed by atoms with Crippen LogP contribution in [0.3, 0.4) is 0 Å². The van der Waals surface area contributed by atoms with Crippen LogP contribution in [-0.4, -0.2) is 36.9 Å². The van der Waals surface area contributed by atoms with Crippen LogP contribution in [0.5, 0.6) is 5.75 Å². The van der Waals surface area contributed by atoms with Gasteiger partial charge in [-0.05, 0) is 41.8 Å². The number of hydrogen-bond acceptors (Lipinski definition) is 3. The van der Waals surface area contributed by atoms with E-state index in [4.69, 9.17) is 27.9 Å². The molecule has 0 aliphatic rings. The molecule has 150 valence electrons. The highest BCUT2D eigenvalue weighted by Gasteiger charge is 2.28. The topological polar surface area (TPSA) is 58.6 Å². The van der Waals surface area contributed by atoms with Crippen molar-refractivity contribution in [1.29, 1.82) is 0 Å². The molecule has 1 N–H and O–H groups in total. The Morgan fingerprint density at radius 1 is 1.11 bits per heavy atom. The average molecular weight is 423 g/mol. The third-order valence-electron chi connectivity index (χ3n) is 4.46. The number of methoxy groups -OCH3 is 1. The van der Waals surface area contributed by atoms with Crippen molar-refractivity contribution in [1.82, 2.24) is 10.2 Å². The monoisotopic (exact) mass is 422 g/mol. The second-order valence-electron chi connectivity index (χ2n) is 6.34. The van der Waals surface area contributed by atoms with Gasteiger partial charge in [0, 0.05) is 13.6 Å². The average Bonchev–Trinajstić information content (AvgIpc) is 2.70. The van der Waals surface area contributed by atoms with Gasteiger partial charge in [-0.25, -0.2) is 0 Å². The lowest BCUT2D eigenvalue weighted by Gasteiger charge is -2.30. The molecular formula is C21H24Cl2N2O3. The van der Waals surface area contributed by atoms with E-state index in [1.165, 1.54) is 0 Å². The molecule has 0 fully saturated rings. The zero-order chi connectivity index (χ0) is 20.7. The second-order valence-corrected chi connectivity index (χ2v) is 7.15. The second kappa shape index (κ2) is 10.3. The molecule has 0 radical (unpaired) electrons. The maximum Gasteiger partial charge on any atom is 0.242 e. The maximum atomic E-state index is 13.1. The Kier molecular flexibility index (Phi) is 8.15. The molecule has 0 bridgehead atoms. The first-order valence-corrected chi connectivity index (χ1v) is 9.73. The summed E-state index contributed by atoms with van der Waals surface area (Å²) in [5.74, 6) is 0.326. The van der Waals surface area contributed by atoms with Crippen molar-refractivity contribution in [2.75, 3.05) is 14.2 Å². The number of rotatable bonds is 8. The van der Waals surface area contributed by atoms with Crippen LogP contribution in [-0.2, 0) is 22.6 Å². The maximum absolute atomic E-state index is 13.1. The fraction of sp³-hybridized carbons (Fsp3) is 0.333. The van der Waals surface area contributed by atoms with Gasteiger partial charge in [0.15, 0.2) is 0 Å². The largest absolute Gasteiger partial charge is 0.497 e. The zero-order valence-electron chi connectivity index (χ0n) is 16.2. The minimum atomic E-state index is -0.577. The van der Waals surface area contributed by atoms with Gasteiger partial charge in [-0.2, -0.15) is 0 Å². The van der Waals surface area contributed by atoms with Crippen LogP contribution < -0.4 is 10.1 Å². The lowest BCUT2D eigenvalue weighted by atomic mass is 10.1. The number of nitrogens with zero attached hydrogens (tertiary/aromatic N) is 1. The van der Waals surface area contributed by atoms with Gasteiger partial charge in [0.1, 0.15) is 11.8 Å². The van der Waals surface area contributed by atoms with E-state index in [1.54, 1.807) is 37.3 Å². The molecule has 2 aromatic carbocycles. The lowest BCUT2D eigenvalue weighted by Crippen LogP contribution is -2.48. The van der Waals surface area contributed by atoms with Crippen LogP contribution in [0.25, 0.3) is 0 Å². The van der Waals surface area contributed by atoms with E-state index in [1.807, 2.05) is 31.2 Å². The van der Waals surface area contributed by atoms with Crippen molar-refractivity contribution < 1.29 is 14.3 Å². The van der Waals surface area contributed by atoms with Gasteiger partial charge in [0.25, 0.3) is 0 Å². The van der Waals surface area contributed by atoms with Gasteiger partial charge in [-0.3, -0.25) is 9.59 Å². The predicted molar refractivity (Wildman–Crippen MR) is 112 cm³/mol. The Balaban J connectivity index is 2.31. The van der Waals surface area contributed by atoms with E-state index in [-0.39, 0.29) is 18.2 Å². The third-order valence-corrected chi connectivity index (χ3v) is 5.20. The first-order chi connectivity index (χ1) is 13.4. The van der Waals surface area contributed by atoms with Gasteiger partial charge in [0.2, 0.25) is 11.8 Å². The van der Waals surface area contributed by atoms with E-state index >= 15 is 0 Å². The molecule has 0 saturated heterocycles. The van der Waals surface area contributed by atoms with E-state index in [0.717, 1.165) is 11.1 Å². The highest BCUT2D eigenvalue weighted by molar-refractivity contribution is 6.42. The van der Waals surface area contributed by atoms with Crippen molar-refractivity contribution in [3.63, 3.8) is 0 Å². The Morgan fingerprint density at radius 2 is 1.86 bits per heavy atom. The summed E-state index contributed by atoms with van der Waals surface area (Å²) in [6, 6.07) is 12.0. The van der Waals surface area contributed by atoms with Crippen LogP contribution in [0.1, 0.15) is 24.5 Å². The van der Waals surface area contributed by atoms with Crippen molar-refractivity contribution in [3.05, 3.63) is 63.6 Å². The molecule has 2 amide bonds. The Labute approximate surface area is 175 Å². The number of carbonyl (C=O) groups is 2. The van der Waals surface area contributed by atoms with Crippen molar-refractivity contribution in [2.24, 2.45) is 0 Å². The normalized spacial score (nSPS) is 11.6. The predicted octanol–water partition coefficient (Wildman–Crippen LogP) is 4.10. The molecule has 0 spiro atoms. The van der Waals surface area contributed by atoms with Crippen molar-refractivity contribution >= 4 is 35.0 Å². The number of hydrogen-bond donors (Lipinski definition) is 1. The number of benzene rings is 2. The van der Waals surface area contributed by atoms with Crippen LogP contribution in [0.2, 0.25) is 10.0 Å². The van der Waals surface area contributed by atoms with E-state index < -0.39 is 6.04 Å². The molecular weight excluding hydrogens is 399 g/mol. The highest BCUT2D eigenvalue weighted by Crippen LogP contribution is 2.24. The fourth-order valence-corrected chi connectivity index (χ4v) is 3.30. The number of halogens is 2. The van der Waals surface area contributed by atoms with E-state index in [2.05, 4.69) is 5.32 Å². The quantitative estimate of drug-likeness (QED) is 0.696. The highest BCUT2D eigenvalue weighted by atomic mass is 35.5. The van der Waals surface area contributed by atoms with E-state index in [0.29, 0.717) is 28.8 Å². The Bertz CT molecular complexity index is 842. The molecule has 0 aliphatic heterocycles. The Morgan fingerprint density at radius 3 is 2.46 bits per heavy atom. The number of amides is 2. The first-order valence-electron chi connectivity index (χ1n) is 8.97. The number of likely N-dealkylation sites (N-methyl/N-ethyl adjacent to an activating group) is 1. The molecule has 5 nitrogen and oxygen atoms in total. The zero-order valence-corrected chi connectivity index (χ0v) is 17.7. The van der Waals surface area contributed by atoms with Crippen LogP contribution in [0.15, 0.2) is 42.5 Å². The summed E-state index contributed by atoms with van der Waals surface area (Å²) in [5.41, 5.74) is 1.62. The number of carbonyl (C=O) groups excluding carboxylic acids is 2. The summed E-state index contributed by atoms with van der Waals surface area (Å²) in [6.07, 6.45) is 0.616. The molecule has 28 heavy (non-hydrogen) atoms. The summed E-state index contributed by atoms with van der Waals surface area (Å²) in [7, 11) is 3.16. The molecule has 0 unspecified atom stereocenters. The summed E-state index contributed by atoms with van der Waals surface area (Å²) < 4.78 is 5.26. The SMILES string of the molecule is CC[C@H](C(=O)NC)N(Cc1cccc(OC)c1)C(=O)Cc1ccc(Cl)c(Cl)c1.